The zero-order valence-electron chi connectivity index (χ0n) is 20.1. The third-order valence-corrected chi connectivity index (χ3v) is 7.70. The minimum Gasteiger partial charge on any atom is -0.367 e. The Balaban J connectivity index is 1.58. The monoisotopic (exact) mass is 539 g/mol. The first-order chi connectivity index (χ1) is 17.5. The molecule has 0 heterocycles. The first-order valence-corrected chi connectivity index (χ1v) is 14.2. The largest absolute Gasteiger partial charge is 0.367 e. The van der Waals surface area contributed by atoms with Gasteiger partial charge in [-0.1, -0.05) is 36.4 Å². The van der Waals surface area contributed by atoms with E-state index in [9.17, 15) is 21.4 Å². The van der Waals surface area contributed by atoms with Gasteiger partial charge in [0.15, 0.2) is 0 Å². The van der Waals surface area contributed by atoms with Gasteiger partial charge in [-0.05, 0) is 67.4 Å². The second kappa shape index (κ2) is 10.4. The summed E-state index contributed by atoms with van der Waals surface area (Å²) in [5, 5.41) is 9.63. The highest BCUT2D eigenvalue weighted by Crippen LogP contribution is 2.33. The Kier molecular flexibility index (Phi) is 7.42. The number of rotatable bonds is 8. The van der Waals surface area contributed by atoms with Crippen molar-refractivity contribution in [2.24, 2.45) is 10.2 Å². The van der Waals surface area contributed by atoms with Crippen LogP contribution in [0.15, 0.2) is 98.9 Å². The van der Waals surface area contributed by atoms with Crippen LogP contribution in [0.5, 0.6) is 0 Å². The van der Waals surface area contributed by atoms with E-state index in [-0.39, 0.29) is 9.79 Å². The van der Waals surface area contributed by atoms with Gasteiger partial charge in [0.2, 0.25) is 0 Å². The van der Waals surface area contributed by atoms with Crippen LogP contribution in [0.1, 0.15) is 18.1 Å². The Morgan fingerprint density at radius 3 is 2.03 bits per heavy atom. The zero-order chi connectivity index (χ0) is 26.8. The molecule has 0 aliphatic heterocycles. The molecule has 0 aliphatic rings. The normalized spacial score (nSPS) is 12.3. The van der Waals surface area contributed by atoms with E-state index in [1.165, 1.54) is 18.2 Å². The molecule has 0 bridgehead atoms. The number of azo groups is 1. The van der Waals surface area contributed by atoms with Crippen molar-refractivity contribution >= 4 is 48.1 Å². The van der Waals surface area contributed by atoms with E-state index in [0.29, 0.717) is 35.2 Å². The van der Waals surface area contributed by atoms with Crippen LogP contribution in [-0.2, 0) is 26.8 Å². The van der Waals surface area contributed by atoms with Gasteiger partial charge < -0.3 is 4.90 Å². The molecule has 0 aromatic heterocycles. The maximum Gasteiger partial charge on any atom is 0.295 e. The van der Waals surface area contributed by atoms with Crippen molar-refractivity contribution in [1.29, 1.82) is 0 Å². The smallest absolute Gasteiger partial charge is 0.295 e. The van der Waals surface area contributed by atoms with Gasteiger partial charge in [0.1, 0.15) is 4.90 Å². The maximum atomic E-state index is 11.7. The summed E-state index contributed by atoms with van der Waals surface area (Å²) in [6.45, 7) is 5.16. The van der Waals surface area contributed by atoms with Crippen LogP contribution >= 0.6 is 0 Å². The molecule has 0 fully saturated rings. The summed E-state index contributed by atoms with van der Waals surface area (Å²) in [5.74, 6) is 0. The van der Waals surface area contributed by atoms with Crippen LogP contribution < -0.4 is 4.90 Å². The second-order valence-corrected chi connectivity index (χ2v) is 11.2. The van der Waals surface area contributed by atoms with Gasteiger partial charge in [-0.15, -0.1) is 5.11 Å². The Hall–Kier alpha value is -3.64. The molecule has 11 heteroatoms. The van der Waals surface area contributed by atoms with Gasteiger partial charge >= 0.3 is 0 Å². The lowest BCUT2D eigenvalue weighted by atomic mass is 10.1. The first-order valence-electron chi connectivity index (χ1n) is 11.3. The van der Waals surface area contributed by atoms with Crippen LogP contribution in [-0.4, -0.2) is 32.5 Å². The topological polar surface area (TPSA) is 137 Å². The molecule has 0 aliphatic carbocycles. The molecule has 0 saturated heterocycles. The molecular formula is C26H25N3O6S2. The number of anilines is 1. The van der Waals surface area contributed by atoms with Gasteiger partial charge in [-0.3, -0.25) is 9.11 Å². The summed E-state index contributed by atoms with van der Waals surface area (Å²) in [6, 6.07) is 21.4. The number of hydrogen-bond donors (Lipinski definition) is 2. The van der Waals surface area contributed by atoms with E-state index in [1.807, 2.05) is 32.0 Å². The molecule has 4 aromatic carbocycles. The second-order valence-electron chi connectivity index (χ2n) is 8.41. The van der Waals surface area contributed by atoms with Gasteiger partial charge in [-0.2, -0.15) is 21.9 Å². The molecule has 192 valence electrons. The number of aryl methyl sites for hydroxylation is 1. The fraction of sp³-hybridized carbons (Fsp3) is 0.154. The fourth-order valence-electron chi connectivity index (χ4n) is 4.01. The van der Waals surface area contributed by atoms with E-state index in [1.54, 1.807) is 42.5 Å². The predicted octanol–water partition coefficient (Wildman–Crippen LogP) is 6.08. The van der Waals surface area contributed by atoms with E-state index in [0.717, 1.165) is 16.8 Å². The molecule has 0 unspecified atom stereocenters. The first kappa shape index (κ1) is 26.4. The summed E-state index contributed by atoms with van der Waals surface area (Å²) in [7, 11) is -8.62. The van der Waals surface area contributed by atoms with Gasteiger partial charge in [0.25, 0.3) is 20.2 Å². The quantitative estimate of drug-likeness (QED) is 0.204. The lowest BCUT2D eigenvalue weighted by Crippen LogP contribution is -2.22. The van der Waals surface area contributed by atoms with E-state index >= 15 is 0 Å². The zero-order valence-corrected chi connectivity index (χ0v) is 21.7. The highest BCUT2D eigenvalue weighted by molar-refractivity contribution is 7.86. The molecule has 4 rings (SSSR count). The molecular weight excluding hydrogens is 514 g/mol. The van der Waals surface area contributed by atoms with Crippen LogP contribution in [0, 0.1) is 6.92 Å². The average Bonchev–Trinajstić information content (AvgIpc) is 2.85. The molecule has 0 atom stereocenters. The van der Waals surface area contributed by atoms with Crippen LogP contribution in [0.3, 0.4) is 0 Å². The van der Waals surface area contributed by atoms with Gasteiger partial charge in [0, 0.05) is 29.5 Å². The van der Waals surface area contributed by atoms with Gasteiger partial charge in [-0.25, -0.2) is 0 Å². The Labute approximate surface area is 215 Å². The lowest BCUT2D eigenvalue weighted by molar-refractivity contribution is 0.481. The Bertz CT molecular complexity index is 1700. The third-order valence-electron chi connectivity index (χ3n) is 5.92. The number of benzene rings is 4. The molecule has 2 N–H and O–H groups in total. The fourth-order valence-corrected chi connectivity index (χ4v) is 5.19. The van der Waals surface area contributed by atoms with Crippen molar-refractivity contribution in [3.8, 4) is 0 Å². The highest BCUT2D eigenvalue weighted by Gasteiger charge is 2.15. The van der Waals surface area contributed by atoms with E-state index in [2.05, 4.69) is 15.1 Å². The van der Waals surface area contributed by atoms with E-state index in [4.69, 9.17) is 4.55 Å². The summed E-state index contributed by atoms with van der Waals surface area (Å²) in [4.78, 5) is 1.78. The summed E-state index contributed by atoms with van der Waals surface area (Å²) >= 11 is 0. The predicted molar refractivity (Wildman–Crippen MR) is 142 cm³/mol. The van der Waals surface area contributed by atoms with Crippen molar-refractivity contribution < 1.29 is 25.9 Å². The SMILES string of the molecule is CCN(Cc1ccc(S(=O)(=O)O)cc1)c1ccc(N=Nc2cccc3c(S(=O)(=O)O)cccc23)c(C)c1. The highest BCUT2D eigenvalue weighted by atomic mass is 32.2. The van der Waals surface area contributed by atoms with Crippen LogP contribution in [0.2, 0.25) is 0 Å². The molecule has 0 spiro atoms. The standard InChI is InChI=1S/C26H25N3O6S2/c1-3-29(17-19-10-13-21(14-11-19)36(30,31)32)20-12-15-24(18(2)16-20)27-28-25-8-4-7-23-22(25)6-5-9-26(23)37(33,34)35/h4-16H,3,17H2,1-2H3,(H,30,31,32)(H,33,34,35). The third kappa shape index (κ3) is 6.03. The minimum atomic E-state index is -4.38. The lowest BCUT2D eigenvalue weighted by Gasteiger charge is -2.24. The van der Waals surface area contributed by atoms with Crippen LogP contribution in [0.4, 0.5) is 17.1 Å². The number of fused-ring (bicyclic) bond motifs is 1. The van der Waals surface area contributed by atoms with E-state index < -0.39 is 20.2 Å². The van der Waals surface area contributed by atoms with Crippen molar-refractivity contribution in [1.82, 2.24) is 0 Å². The Morgan fingerprint density at radius 2 is 1.41 bits per heavy atom. The Morgan fingerprint density at radius 1 is 0.757 bits per heavy atom. The molecule has 4 aromatic rings. The maximum absolute atomic E-state index is 11.7. The molecule has 0 saturated carbocycles. The van der Waals surface area contributed by atoms with Crippen molar-refractivity contribution in [3.05, 3.63) is 90.0 Å². The summed E-state index contributed by atoms with van der Waals surface area (Å²) in [6.07, 6.45) is 0. The minimum absolute atomic E-state index is 0.148. The van der Waals surface area contributed by atoms with Crippen molar-refractivity contribution in [2.75, 3.05) is 11.4 Å². The van der Waals surface area contributed by atoms with Gasteiger partial charge in [0.05, 0.1) is 16.3 Å². The number of nitrogens with zero attached hydrogens (tertiary/aromatic N) is 3. The van der Waals surface area contributed by atoms with Crippen molar-refractivity contribution in [2.45, 2.75) is 30.2 Å². The number of hydrogen-bond acceptors (Lipinski definition) is 7. The average molecular weight is 540 g/mol. The molecule has 9 nitrogen and oxygen atoms in total. The summed E-state index contributed by atoms with van der Waals surface area (Å²) < 4.78 is 64.7. The summed E-state index contributed by atoms with van der Waals surface area (Å²) in [5.41, 5.74) is 3.81. The van der Waals surface area contributed by atoms with Crippen LogP contribution in [0.25, 0.3) is 10.8 Å². The molecule has 0 amide bonds. The molecule has 0 radical (unpaired) electrons. The van der Waals surface area contributed by atoms with Crippen molar-refractivity contribution in [3.63, 3.8) is 0 Å². The molecule has 37 heavy (non-hydrogen) atoms.